The van der Waals surface area contributed by atoms with Crippen LogP contribution in [0.4, 0.5) is 20.2 Å². The maximum atomic E-state index is 14.8. The number of carbonyl (C=O) groups excluding carboxylic acids is 1. The SMILES string of the molecule is CCCS(=O)Nc1ccc(F)c(C(=O)Nc2cnc3nc(-c4ccc(Br)cc4)[nH]c3c2)c1F. The van der Waals surface area contributed by atoms with Gasteiger partial charge in [-0.3, -0.25) is 4.79 Å². The van der Waals surface area contributed by atoms with Gasteiger partial charge in [0.15, 0.2) is 11.5 Å². The van der Waals surface area contributed by atoms with Crippen LogP contribution in [0.15, 0.2) is 53.1 Å². The molecule has 0 fully saturated rings. The summed E-state index contributed by atoms with van der Waals surface area (Å²) in [5, 5.41) is 2.46. The maximum absolute atomic E-state index is 14.8. The van der Waals surface area contributed by atoms with Crippen LogP contribution in [0.2, 0.25) is 0 Å². The van der Waals surface area contributed by atoms with Crippen LogP contribution in [-0.4, -0.2) is 30.8 Å². The summed E-state index contributed by atoms with van der Waals surface area (Å²) in [5.74, 6) is -2.28. The van der Waals surface area contributed by atoms with Gasteiger partial charge in [0.05, 0.1) is 23.1 Å². The monoisotopic (exact) mass is 533 g/mol. The van der Waals surface area contributed by atoms with Crippen LogP contribution in [0.25, 0.3) is 22.6 Å². The van der Waals surface area contributed by atoms with Gasteiger partial charge in [-0.15, -0.1) is 0 Å². The summed E-state index contributed by atoms with van der Waals surface area (Å²) in [4.78, 5) is 24.4. The first kappa shape index (κ1) is 23.0. The zero-order valence-electron chi connectivity index (χ0n) is 17.3. The number of anilines is 2. The van der Waals surface area contributed by atoms with E-state index in [2.05, 4.69) is 40.9 Å². The Morgan fingerprint density at radius 2 is 1.94 bits per heavy atom. The van der Waals surface area contributed by atoms with Crippen LogP contribution in [0.3, 0.4) is 0 Å². The van der Waals surface area contributed by atoms with Gasteiger partial charge in [-0.2, -0.15) is 0 Å². The largest absolute Gasteiger partial charge is 0.337 e. The Morgan fingerprint density at radius 3 is 2.67 bits per heavy atom. The van der Waals surface area contributed by atoms with Crippen LogP contribution in [0.1, 0.15) is 23.7 Å². The molecule has 11 heteroatoms. The number of benzene rings is 2. The van der Waals surface area contributed by atoms with Gasteiger partial charge in [-0.05, 0) is 36.8 Å². The second-order valence-electron chi connectivity index (χ2n) is 7.08. The molecule has 0 aliphatic carbocycles. The average molecular weight is 534 g/mol. The van der Waals surface area contributed by atoms with Gasteiger partial charge in [0.2, 0.25) is 0 Å². The van der Waals surface area contributed by atoms with Crippen LogP contribution < -0.4 is 10.0 Å². The van der Waals surface area contributed by atoms with Crippen molar-refractivity contribution in [2.75, 3.05) is 15.8 Å². The Kier molecular flexibility index (Phi) is 6.80. The normalized spacial score (nSPS) is 12.0. The molecule has 4 aromatic rings. The molecular weight excluding hydrogens is 516 g/mol. The van der Waals surface area contributed by atoms with Gasteiger partial charge in [0, 0.05) is 15.8 Å². The summed E-state index contributed by atoms with van der Waals surface area (Å²) < 4.78 is 44.4. The standard InChI is InChI=1S/C22H18BrF2N5O2S/c1-2-9-33(32)30-16-8-7-15(24)18(19(16)25)22(31)27-14-10-17-21(26-11-14)29-20(28-17)12-3-5-13(23)6-4-12/h3-8,10-11,30H,2,9H2,1H3,(H,27,31)(H,26,28,29). The van der Waals surface area contributed by atoms with Crippen molar-refractivity contribution in [1.82, 2.24) is 15.0 Å². The van der Waals surface area contributed by atoms with E-state index in [1.807, 2.05) is 31.2 Å². The molecule has 1 amide bonds. The van der Waals surface area contributed by atoms with Gasteiger partial charge in [0.25, 0.3) is 5.91 Å². The van der Waals surface area contributed by atoms with Crippen molar-refractivity contribution in [3.63, 3.8) is 0 Å². The third kappa shape index (κ3) is 5.09. The van der Waals surface area contributed by atoms with Crippen molar-refractivity contribution in [1.29, 1.82) is 0 Å². The molecule has 3 N–H and O–H groups in total. The number of fused-ring (bicyclic) bond motifs is 1. The van der Waals surface area contributed by atoms with Crippen molar-refractivity contribution in [2.24, 2.45) is 0 Å². The number of pyridine rings is 1. The van der Waals surface area contributed by atoms with Gasteiger partial charge < -0.3 is 15.0 Å². The summed E-state index contributed by atoms with van der Waals surface area (Å²) in [7, 11) is -1.55. The van der Waals surface area contributed by atoms with E-state index in [9.17, 15) is 17.8 Å². The number of aromatic nitrogens is 3. The number of halogens is 3. The number of imidazole rings is 1. The Bertz CT molecular complexity index is 1360. The lowest BCUT2D eigenvalue weighted by molar-refractivity contribution is 0.101. The topological polar surface area (TPSA) is 99.8 Å². The van der Waals surface area contributed by atoms with Crippen LogP contribution in [0.5, 0.6) is 0 Å². The molecule has 0 aliphatic heterocycles. The van der Waals surface area contributed by atoms with Crippen LogP contribution in [-0.2, 0) is 11.0 Å². The molecule has 170 valence electrons. The van der Waals surface area contributed by atoms with E-state index >= 15 is 0 Å². The van der Waals surface area contributed by atoms with Crippen molar-refractivity contribution in [3.8, 4) is 11.4 Å². The number of amides is 1. The minimum absolute atomic E-state index is 0.213. The predicted octanol–water partition coefficient (Wildman–Crippen LogP) is 5.40. The molecule has 2 aromatic carbocycles. The van der Waals surface area contributed by atoms with Crippen LogP contribution in [0, 0.1) is 11.6 Å². The molecule has 7 nitrogen and oxygen atoms in total. The molecule has 33 heavy (non-hydrogen) atoms. The highest BCUT2D eigenvalue weighted by atomic mass is 79.9. The number of nitrogens with one attached hydrogen (secondary N) is 3. The predicted molar refractivity (Wildman–Crippen MR) is 128 cm³/mol. The Labute approximate surface area is 198 Å². The van der Waals surface area contributed by atoms with Crippen LogP contribution >= 0.6 is 15.9 Å². The average Bonchev–Trinajstić information content (AvgIpc) is 3.20. The molecule has 1 unspecified atom stereocenters. The minimum Gasteiger partial charge on any atom is -0.337 e. The van der Waals surface area contributed by atoms with E-state index in [1.165, 1.54) is 6.20 Å². The van der Waals surface area contributed by atoms with Gasteiger partial charge in [0.1, 0.15) is 28.2 Å². The smallest absolute Gasteiger partial charge is 0.261 e. The zero-order valence-corrected chi connectivity index (χ0v) is 19.7. The lowest BCUT2D eigenvalue weighted by atomic mass is 10.1. The van der Waals surface area contributed by atoms with E-state index in [0.29, 0.717) is 23.4 Å². The lowest BCUT2D eigenvalue weighted by Crippen LogP contribution is -2.18. The van der Waals surface area contributed by atoms with Gasteiger partial charge in [-0.25, -0.2) is 23.0 Å². The fourth-order valence-corrected chi connectivity index (χ4v) is 4.25. The van der Waals surface area contributed by atoms with Crippen molar-refractivity contribution < 1.29 is 17.8 Å². The Morgan fingerprint density at radius 1 is 1.18 bits per heavy atom. The fraction of sp³-hybridized carbons (Fsp3) is 0.136. The molecule has 4 rings (SSSR count). The zero-order chi connectivity index (χ0) is 23.5. The van der Waals surface area contributed by atoms with Crippen molar-refractivity contribution in [3.05, 3.63) is 70.3 Å². The molecule has 0 bridgehead atoms. The Balaban J connectivity index is 1.58. The third-order valence-corrected chi connectivity index (χ3v) is 6.40. The number of carbonyl (C=O) groups is 1. The third-order valence-electron chi connectivity index (χ3n) is 4.64. The van der Waals surface area contributed by atoms with Gasteiger partial charge >= 0.3 is 0 Å². The molecule has 0 saturated heterocycles. The summed E-state index contributed by atoms with van der Waals surface area (Å²) in [5.41, 5.74) is 1.04. The number of nitrogens with zero attached hydrogens (tertiary/aromatic N) is 2. The van der Waals surface area contributed by atoms with E-state index in [1.54, 1.807) is 6.07 Å². The number of aromatic amines is 1. The number of hydrogen-bond donors (Lipinski definition) is 3. The summed E-state index contributed by atoms with van der Waals surface area (Å²) in [6.07, 6.45) is 1.96. The molecule has 0 radical (unpaired) electrons. The maximum Gasteiger partial charge on any atom is 0.261 e. The first-order valence-corrected chi connectivity index (χ1v) is 12.0. The number of hydrogen-bond acceptors (Lipinski definition) is 4. The Hall–Kier alpha value is -3.18. The fourth-order valence-electron chi connectivity index (χ4n) is 3.10. The van der Waals surface area contributed by atoms with E-state index in [0.717, 1.165) is 22.2 Å². The first-order valence-electron chi connectivity index (χ1n) is 9.91. The molecular formula is C22H18BrF2N5O2S. The quantitative estimate of drug-likeness (QED) is 0.296. The molecule has 2 aromatic heterocycles. The second kappa shape index (κ2) is 9.75. The molecule has 0 aliphatic rings. The first-order chi connectivity index (χ1) is 15.9. The summed E-state index contributed by atoms with van der Waals surface area (Å²) >= 11 is 3.38. The van der Waals surface area contributed by atoms with Crippen molar-refractivity contribution in [2.45, 2.75) is 13.3 Å². The number of rotatable bonds is 7. The van der Waals surface area contributed by atoms with Crippen molar-refractivity contribution >= 4 is 55.4 Å². The molecule has 0 saturated carbocycles. The highest BCUT2D eigenvalue weighted by Gasteiger charge is 2.22. The van der Waals surface area contributed by atoms with E-state index < -0.39 is 34.1 Å². The lowest BCUT2D eigenvalue weighted by Gasteiger charge is -2.11. The van der Waals surface area contributed by atoms with Gasteiger partial charge in [-0.1, -0.05) is 35.0 Å². The minimum atomic E-state index is -1.55. The van der Waals surface area contributed by atoms with E-state index in [4.69, 9.17) is 0 Å². The molecule has 0 spiro atoms. The summed E-state index contributed by atoms with van der Waals surface area (Å²) in [6.45, 7) is 1.83. The second-order valence-corrected chi connectivity index (χ2v) is 9.30. The highest BCUT2D eigenvalue weighted by Crippen LogP contribution is 2.25. The van der Waals surface area contributed by atoms with E-state index in [-0.39, 0.29) is 17.1 Å². The molecule has 1 atom stereocenters. The molecule has 2 heterocycles. The number of H-pyrrole nitrogens is 1. The highest BCUT2D eigenvalue weighted by molar-refractivity contribution is 9.10. The summed E-state index contributed by atoms with van der Waals surface area (Å²) in [6, 6.07) is 11.1.